The van der Waals surface area contributed by atoms with Crippen molar-refractivity contribution < 1.29 is 68.3 Å². The van der Waals surface area contributed by atoms with Crippen molar-refractivity contribution in [2.75, 3.05) is 0 Å². The van der Waals surface area contributed by atoms with Crippen molar-refractivity contribution in [3.05, 3.63) is 35.5 Å². The van der Waals surface area contributed by atoms with Gasteiger partial charge in [0.25, 0.3) is 0 Å². The van der Waals surface area contributed by atoms with Gasteiger partial charge in [-0.1, -0.05) is 0 Å². The quantitative estimate of drug-likeness (QED) is 0.442. The molecule has 0 fully saturated rings. The molecular weight excluding hydrogens is 435 g/mol. The normalized spacial score (nSPS) is 10.9. The average Bonchev–Trinajstić information content (AvgIpc) is 2.10. The first-order valence-electron chi connectivity index (χ1n) is 6.02. The van der Waals surface area contributed by atoms with E-state index >= 15 is 0 Å². The number of allylic oxidation sites excluding steroid dienone is 6. The minimum absolute atomic E-state index is 0. The molecule has 0 spiro atoms. The van der Waals surface area contributed by atoms with E-state index in [1.807, 2.05) is 0 Å². The predicted molar refractivity (Wildman–Crippen MR) is 81.2 cm³/mol. The van der Waals surface area contributed by atoms with Crippen LogP contribution in [0.3, 0.4) is 0 Å². The molecule has 129 valence electrons. The van der Waals surface area contributed by atoms with Crippen LogP contribution < -0.4 is 0 Å². The van der Waals surface area contributed by atoms with Gasteiger partial charge in [0.1, 0.15) is 0 Å². The van der Waals surface area contributed by atoms with Crippen LogP contribution in [-0.4, -0.2) is 32.7 Å². The van der Waals surface area contributed by atoms with Crippen LogP contribution in [0.25, 0.3) is 0 Å². The number of rotatable bonds is 3. The Balaban J connectivity index is -0.000000108. The summed E-state index contributed by atoms with van der Waals surface area (Å²) in [6.07, 6.45) is 3.50. The number of ketones is 3. The Labute approximate surface area is 162 Å². The van der Waals surface area contributed by atoms with Gasteiger partial charge in [-0.25, -0.2) is 0 Å². The predicted octanol–water partition coefficient (Wildman–Crippen LogP) is 3.11. The Morgan fingerprint density at radius 2 is 0.682 bits per heavy atom. The van der Waals surface area contributed by atoms with Gasteiger partial charge in [-0.2, -0.15) is 0 Å². The third kappa shape index (κ3) is 51.0. The topological polar surface area (TPSA) is 112 Å². The van der Waals surface area contributed by atoms with Crippen LogP contribution >= 0.6 is 0 Å². The van der Waals surface area contributed by atoms with Crippen LogP contribution in [-0.2, 0) is 14.4 Å². The molecule has 0 aliphatic carbocycles. The Morgan fingerprint density at radius 1 is 0.545 bits per heavy atom. The maximum absolute atomic E-state index is 10.0. The van der Waals surface area contributed by atoms with E-state index in [1.54, 1.807) is 0 Å². The second kappa shape index (κ2) is 18.0. The fourth-order valence-electron chi connectivity index (χ4n) is 0.882. The Kier molecular flexibility index (Phi) is 23.7. The van der Waals surface area contributed by atoms with E-state index in [0.717, 1.165) is 0 Å². The number of aliphatic hydroxyl groups excluding tert-OH is 3. The summed E-state index contributed by atoms with van der Waals surface area (Å²) in [6.45, 7) is 8.54. The van der Waals surface area contributed by atoms with Crippen molar-refractivity contribution in [2.45, 2.75) is 41.5 Å². The number of hydrogen-bond donors (Lipinski definition) is 3. The minimum atomic E-state index is -0.125. The van der Waals surface area contributed by atoms with Crippen LogP contribution in [0.5, 0.6) is 0 Å². The summed E-state index contributed by atoms with van der Waals surface area (Å²) in [6, 6.07) is 0. The summed E-state index contributed by atoms with van der Waals surface area (Å²) in [5.41, 5.74) is 0. The third-order valence-electron chi connectivity index (χ3n) is 1.24. The maximum atomic E-state index is 10.0. The van der Waals surface area contributed by atoms with E-state index in [4.69, 9.17) is 15.3 Å². The fraction of sp³-hybridized carbons (Fsp3) is 0.400. The zero-order valence-electron chi connectivity index (χ0n) is 13.6. The molecule has 0 unspecified atom stereocenters. The van der Waals surface area contributed by atoms with Gasteiger partial charge >= 0.3 is 0 Å². The maximum Gasteiger partial charge on any atom is 0.155 e. The molecule has 22 heavy (non-hydrogen) atoms. The molecule has 0 aromatic heterocycles. The van der Waals surface area contributed by atoms with Crippen LogP contribution in [0.15, 0.2) is 35.5 Å². The molecule has 0 amide bonds. The molecule has 0 saturated carbocycles. The van der Waals surface area contributed by atoms with Crippen molar-refractivity contribution in [1.29, 1.82) is 0 Å². The summed E-state index contributed by atoms with van der Waals surface area (Å²) in [7, 11) is 0. The molecule has 0 aromatic carbocycles. The first-order valence-corrected chi connectivity index (χ1v) is 6.02. The zero-order valence-corrected chi connectivity index (χ0v) is 15.8. The van der Waals surface area contributed by atoms with Gasteiger partial charge in [0.2, 0.25) is 0 Å². The van der Waals surface area contributed by atoms with Crippen molar-refractivity contribution in [3.63, 3.8) is 0 Å². The largest absolute Gasteiger partial charge is 0.512 e. The summed E-state index contributed by atoms with van der Waals surface area (Å²) in [4.78, 5) is 30.1. The van der Waals surface area contributed by atoms with Gasteiger partial charge in [0, 0.05) is 56.8 Å². The van der Waals surface area contributed by atoms with Gasteiger partial charge < -0.3 is 15.3 Å². The molecule has 1 radical (unpaired) electrons. The van der Waals surface area contributed by atoms with Crippen molar-refractivity contribution in [1.82, 2.24) is 0 Å². The monoisotopic (exact) mass is 459 g/mol. The molecule has 0 aliphatic rings. The van der Waals surface area contributed by atoms with E-state index in [2.05, 4.69) is 0 Å². The molecule has 7 heteroatoms. The molecule has 0 heterocycles. The number of carbonyl (C=O) groups is 3. The fourth-order valence-corrected chi connectivity index (χ4v) is 0.882. The molecule has 0 saturated heterocycles. The molecular formula is C15H24O6Tb. The van der Waals surface area contributed by atoms with E-state index in [9.17, 15) is 14.4 Å². The minimum Gasteiger partial charge on any atom is -0.512 e. The van der Waals surface area contributed by atoms with Gasteiger partial charge in [-0.15, -0.1) is 0 Å². The van der Waals surface area contributed by atoms with Gasteiger partial charge in [0.05, 0.1) is 17.3 Å². The molecule has 0 rings (SSSR count). The number of hydrogen-bond acceptors (Lipinski definition) is 6. The zero-order chi connectivity index (χ0) is 17.6. The molecule has 0 bridgehead atoms. The molecule has 6 nitrogen and oxygen atoms in total. The van der Waals surface area contributed by atoms with E-state index < -0.39 is 0 Å². The molecule has 0 aliphatic heterocycles. The van der Waals surface area contributed by atoms with Crippen molar-refractivity contribution in [3.8, 4) is 0 Å². The van der Waals surface area contributed by atoms with Crippen LogP contribution in [0.1, 0.15) is 41.5 Å². The molecule has 3 N–H and O–H groups in total. The average molecular weight is 459 g/mol. The second-order valence-corrected chi connectivity index (χ2v) is 4.19. The Hall–Kier alpha value is -1.08. The second-order valence-electron chi connectivity index (χ2n) is 4.19. The number of carbonyl (C=O) groups excluding carboxylic acids is 3. The first kappa shape index (κ1) is 29.0. The van der Waals surface area contributed by atoms with Crippen LogP contribution in [0.4, 0.5) is 0 Å². The summed E-state index contributed by atoms with van der Waals surface area (Å²) in [5.74, 6) is -0.187. The van der Waals surface area contributed by atoms with Crippen molar-refractivity contribution >= 4 is 17.3 Å². The van der Waals surface area contributed by atoms with E-state index in [1.165, 1.54) is 59.8 Å². The Morgan fingerprint density at radius 3 is 0.682 bits per heavy atom. The van der Waals surface area contributed by atoms with E-state index in [0.29, 0.717) is 0 Å². The summed E-state index contributed by atoms with van der Waals surface area (Å²) in [5, 5.41) is 25.1. The number of aliphatic hydroxyl groups is 3. The Bertz CT molecular complexity index is 368. The van der Waals surface area contributed by atoms with Gasteiger partial charge in [0.15, 0.2) is 17.3 Å². The summed E-state index contributed by atoms with van der Waals surface area (Å²) >= 11 is 0. The standard InChI is InChI=1S/3C5H8O2.Tb/c3*1-4(6)3-5(2)7;/h3*3,6H,1-2H3;/b4-3+;2*4-3-;. The van der Waals surface area contributed by atoms with E-state index in [-0.39, 0.29) is 73.2 Å². The summed E-state index contributed by atoms with van der Waals surface area (Å²) < 4.78 is 0. The molecule has 0 aromatic rings. The smallest absolute Gasteiger partial charge is 0.155 e. The third-order valence-corrected chi connectivity index (χ3v) is 1.24. The van der Waals surface area contributed by atoms with Crippen LogP contribution in [0.2, 0.25) is 0 Å². The molecule has 0 atom stereocenters. The SMILES string of the molecule is CC(=O)/C=C(/C)O.CC(=O)/C=C(/C)O.CC(=O)/C=C(\C)O.[Tb]. The van der Waals surface area contributed by atoms with Gasteiger partial charge in [-0.05, 0) is 41.5 Å². The van der Waals surface area contributed by atoms with Crippen LogP contribution in [0, 0.1) is 38.6 Å². The van der Waals surface area contributed by atoms with Gasteiger partial charge in [-0.3, -0.25) is 14.4 Å². The first-order chi connectivity index (χ1) is 9.38. The van der Waals surface area contributed by atoms with Crippen molar-refractivity contribution in [2.24, 2.45) is 0 Å².